The van der Waals surface area contributed by atoms with Gasteiger partial charge < -0.3 is 5.32 Å². The Labute approximate surface area is 127 Å². The number of amides is 1. The van der Waals surface area contributed by atoms with E-state index in [0.29, 0.717) is 12.1 Å². The molecule has 1 aromatic rings. The van der Waals surface area contributed by atoms with Crippen molar-refractivity contribution in [3.63, 3.8) is 0 Å². The number of benzene rings is 1. The van der Waals surface area contributed by atoms with Crippen LogP contribution in [-0.4, -0.2) is 26.9 Å². The van der Waals surface area contributed by atoms with Gasteiger partial charge in [0.2, 0.25) is 10.0 Å². The number of unbranched alkanes of at least 4 members (excludes halogenated alkanes) is 2. The van der Waals surface area contributed by atoms with Crippen LogP contribution in [-0.2, 0) is 10.0 Å². The van der Waals surface area contributed by atoms with Crippen LogP contribution in [0.3, 0.4) is 0 Å². The van der Waals surface area contributed by atoms with Crippen molar-refractivity contribution >= 4 is 15.9 Å². The zero-order valence-corrected chi connectivity index (χ0v) is 13.7. The summed E-state index contributed by atoms with van der Waals surface area (Å²) in [6.45, 7) is 6.26. The van der Waals surface area contributed by atoms with Crippen molar-refractivity contribution in [2.24, 2.45) is 0 Å². The summed E-state index contributed by atoms with van der Waals surface area (Å²) in [5.41, 5.74) is 0.468. The van der Waals surface area contributed by atoms with Crippen molar-refractivity contribution in [2.45, 2.75) is 51.0 Å². The number of sulfonamides is 1. The molecule has 0 radical (unpaired) electrons. The van der Waals surface area contributed by atoms with Crippen molar-refractivity contribution < 1.29 is 13.2 Å². The number of carbonyl (C=O) groups is 1. The van der Waals surface area contributed by atoms with Crippen molar-refractivity contribution in [1.82, 2.24) is 10.0 Å². The monoisotopic (exact) mass is 312 g/mol. The van der Waals surface area contributed by atoms with Crippen molar-refractivity contribution in [2.75, 3.05) is 6.54 Å². The smallest absolute Gasteiger partial charge is 0.251 e. The molecule has 0 bridgehead atoms. The van der Waals surface area contributed by atoms with Crippen LogP contribution in [0.2, 0.25) is 0 Å². The van der Waals surface area contributed by atoms with Gasteiger partial charge in [-0.1, -0.05) is 19.8 Å². The van der Waals surface area contributed by atoms with Gasteiger partial charge in [-0.05, 0) is 44.5 Å². The molecular formula is C15H24N2O3S. The highest BCUT2D eigenvalue weighted by molar-refractivity contribution is 7.89. The Morgan fingerprint density at radius 2 is 1.76 bits per heavy atom. The largest absolute Gasteiger partial charge is 0.352 e. The van der Waals surface area contributed by atoms with Crippen LogP contribution >= 0.6 is 0 Å². The maximum Gasteiger partial charge on any atom is 0.251 e. The van der Waals surface area contributed by atoms with Crippen LogP contribution in [0.5, 0.6) is 0 Å². The Balaban J connectivity index is 2.67. The molecular weight excluding hydrogens is 288 g/mol. The van der Waals surface area contributed by atoms with E-state index in [-0.39, 0.29) is 16.8 Å². The van der Waals surface area contributed by atoms with Gasteiger partial charge >= 0.3 is 0 Å². The molecule has 0 spiro atoms. The lowest BCUT2D eigenvalue weighted by Crippen LogP contribution is -2.30. The van der Waals surface area contributed by atoms with E-state index in [0.717, 1.165) is 19.3 Å². The van der Waals surface area contributed by atoms with E-state index < -0.39 is 10.0 Å². The van der Waals surface area contributed by atoms with Gasteiger partial charge in [0.15, 0.2) is 0 Å². The van der Waals surface area contributed by atoms with E-state index in [2.05, 4.69) is 17.0 Å². The Morgan fingerprint density at radius 1 is 1.14 bits per heavy atom. The van der Waals surface area contributed by atoms with Gasteiger partial charge in [0.05, 0.1) is 4.90 Å². The highest BCUT2D eigenvalue weighted by Gasteiger charge is 2.15. The molecule has 0 fully saturated rings. The molecule has 0 aliphatic heterocycles. The average molecular weight is 312 g/mol. The molecule has 0 unspecified atom stereocenters. The minimum absolute atomic E-state index is 0.165. The molecule has 2 N–H and O–H groups in total. The fourth-order valence-corrected chi connectivity index (χ4v) is 3.09. The summed E-state index contributed by atoms with van der Waals surface area (Å²) in [6, 6.07) is 5.79. The molecule has 1 rings (SSSR count). The number of hydrogen-bond acceptors (Lipinski definition) is 3. The van der Waals surface area contributed by atoms with E-state index >= 15 is 0 Å². The second-order valence-corrected chi connectivity index (χ2v) is 6.98. The first-order valence-electron chi connectivity index (χ1n) is 7.27. The highest BCUT2D eigenvalue weighted by Crippen LogP contribution is 2.11. The molecule has 0 aliphatic rings. The Bertz CT molecular complexity index is 551. The lowest BCUT2D eigenvalue weighted by Gasteiger charge is -2.10. The predicted molar refractivity (Wildman–Crippen MR) is 83.8 cm³/mol. The van der Waals surface area contributed by atoms with Crippen LogP contribution in [0, 0.1) is 0 Å². The van der Waals surface area contributed by atoms with Crippen LogP contribution in [0.1, 0.15) is 50.4 Å². The second-order valence-electron chi connectivity index (χ2n) is 5.26. The lowest BCUT2D eigenvalue weighted by atomic mass is 10.2. The zero-order valence-electron chi connectivity index (χ0n) is 12.8. The number of hydrogen-bond donors (Lipinski definition) is 2. The summed E-state index contributed by atoms with van der Waals surface area (Å²) < 4.78 is 26.4. The average Bonchev–Trinajstić information content (AvgIpc) is 2.42. The Morgan fingerprint density at radius 3 is 2.29 bits per heavy atom. The van der Waals surface area contributed by atoms with E-state index in [1.54, 1.807) is 13.8 Å². The first kappa shape index (κ1) is 17.7. The molecule has 118 valence electrons. The summed E-state index contributed by atoms with van der Waals surface area (Å²) in [5.74, 6) is -0.174. The number of carbonyl (C=O) groups excluding carboxylic acids is 1. The van der Waals surface area contributed by atoms with Gasteiger partial charge in [0.25, 0.3) is 5.91 Å². The van der Waals surface area contributed by atoms with Crippen LogP contribution in [0.4, 0.5) is 0 Å². The molecule has 0 heterocycles. The van der Waals surface area contributed by atoms with Gasteiger partial charge in [-0.3, -0.25) is 4.79 Å². The number of nitrogens with one attached hydrogen (secondary N) is 2. The third kappa shape index (κ3) is 5.85. The third-order valence-corrected chi connectivity index (χ3v) is 4.56. The molecule has 21 heavy (non-hydrogen) atoms. The van der Waals surface area contributed by atoms with Crippen molar-refractivity contribution in [1.29, 1.82) is 0 Å². The van der Waals surface area contributed by atoms with Gasteiger partial charge in [0.1, 0.15) is 0 Å². The minimum Gasteiger partial charge on any atom is -0.352 e. The SMILES string of the molecule is CCCCCNC(=O)c1ccc(S(=O)(=O)NC(C)C)cc1. The Hall–Kier alpha value is -1.40. The summed E-state index contributed by atoms with van der Waals surface area (Å²) >= 11 is 0. The predicted octanol–water partition coefficient (Wildman–Crippen LogP) is 2.29. The van der Waals surface area contributed by atoms with Gasteiger partial charge in [-0.25, -0.2) is 13.1 Å². The molecule has 0 saturated carbocycles. The summed E-state index contributed by atoms with van der Waals surface area (Å²) in [7, 11) is -3.51. The van der Waals surface area contributed by atoms with Crippen LogP contribution < -0.4 is 10.0 Å². The zero-order chi connectivity index (χ0) is 15.9. The molecule has 0 atom stereocenters. The van der Waals surface area contributed by atoms with Crippen LogP contribution in [0.15, 0.2) is 29.2 Å². The van der Waals surface area contributed by atoms with E-state index in [4.69, 9.17) is 0 Å². The molecule has 0 aliphatic carbocycles. The quantitative estimate of drug-likeness (QED) is 0.723. The van der Waals surface area contributed by atoms with Gasteiger partial charge in [-0.15, -0.1) is 0 Å². The molecule has 5 nitrogen and oxygen atoms in total. The second kappa shape index (κ2) is 8.14. The first-order chi connectivity index (χ1) is 9.86. The fourth-order valence-electron chi connectivity index (χ4n) is 1.84. The lowest BCUT2D eigenvalue weighted by molar-refractivity contribution is 0.0953. The normalized spacial score (nSPS) is 11.6. The maximum absolute atomic E-state index is 12.0. The third-order valence-electron chi connectivity index (χ3n) is 2.88. The van der Waals surface area contributed by atoms with Crippen LogP contribution in [0.25, 0.3) is 0 Å². The summed E-state index contributed by atoms with van der Waals surface area (Å²) in [6.07, 6.45) is 3.14. The van der Waals surface area contributed by atoms with E-state index in [9.17, 15) is 13.2 Å². The summed E-state index contributed by atoms with van der Waals surface area (Å²) in [5, 5.41) is 2.82. The molecule has 1 amide bonds. The van der Waals surface area contributed by atoms with Crippen molar-refractivity contribution in [3.8, 4) is 0 Å². The van der Waals surface area contributed by atoms with Gasteiger partial charge in [0, 0.05) is 18.2 Å². The molecule has 1 aromatic carbocycles. The fraction of sp³-hybridized carbons (Fsp3) is 0.533. The minimum atomic E-state index is -3.51. The molecule has 6 heteroatoms. The highest BCUT2D eigenvalue weighted by atomic mass is 32.2. The topological polar surface area (TPSA) is 75.3 Å². The van der Waals surface area contributed by atoms with E-state index in [1.807, 2.05) is 0 Å². The maximum atomic E-state index is 12.0. The Kier molecular flexibility index (Phi) is 6.84. The summed E-state index contributed by atoms with van der Waals surface area (Å²) in [4.78, 5) is 12.0. The van der Waals surface area contributed by atoms with Gasteiger partial charge in [-0.2, -0.15) is 0 Å². The molecule has 0 saturated heterocycles. The first-order valence-corrected chi connectivity index (χ1v) is 8.75. The van der Waals surface area contributed by atoms with Crippen molar-refractivity contribution in [3.05, 3.63) is 29.8 Å². The van der Waals surface area contributed by atoms with E-state index in [1.165, 1.54) is 24.3 Å². The molecule has 0 aromatic heterocycles. The standard InChI is InChI=1S/C15H24N2O3S/c1-4-5-6-11-16-15(18)13-7-9-14(10-8-13)21(19,20)17-12(2)3/h7-10,12,17H,4-6,11H2,1-3H3,(H,16,18). The number of rotatable bonds is 8.